The van der Waals surface area contributed by atoms with Crippen molar-refractivity contribution in [2.75, 3.05) is 10.6 Å². The molecule has 3 rings (SSSR count). The Hall–Kier alpha value is -2.74. The molecule has 0 saturated carbocycles. The summed E-state index contributed by atoms with van der Waals surface area (Å²) in [5, 5.41) is 14.6. The summed E-state index contributed by atoms with van der Waals surface area (Å²) in [6, 6.07) is 7.13. The maximum atomic E-state index is 12.0. The van der Waals surface area contributed by atoms with Crippen LogP contribution in [-0.2, 0) is 0 Å². The second-order valence-corrected chi connectivity index (χ2v) is 4.73. The van der Waals surface area contributed by atoms with Crippen molar-refractivity contribution in [1.29, 1.82) is 0 Å². The summed E-state index contributed by atoms with van der Waals surface area (Å²) in [7, 11) is 0. The number of nitrogens with one attached hydrogen (secondary N) is 3. The summed E-state index contributed by atoms with van der Waals surface area (Å²) in [6.07, 6.45) is 3.05. The van der Waals surface area contributed by atoms with E-state index in [4.69, 9.17) is 0 Å². The molecule has 0 saturated heterocycles. The first-order valence-corrected chi connectivity index (χ1v) is 6.62. The molecule has 0 fully saturated rings. The van der Waals surface area contributed by atoms with Crippen LogP contribution in [0.2, 0.25) is 0 Å². The molecule has 0 unspecified atom stereocenters. The summed E-state index contributed by atoms with van der Waals surface area (Å²) < 4.78 is 0. The molecule has 0 spiro atoms. The first kappa shape index (κ1) is 12.3. The summed E-state index contributed by atoms with van der Waals surface area (Å²) in [6.45, 7) is 0. The lowest BCUT2D eigenvalue weighted by molar-refractivity contribution is 0.102. The van der Waals surface area contributed by atoms with Gasteiger partial charge in [-0.2, -0.15) is 10.1 Å². The zero-order valence-corrected chi connectivity index (χ0v) is 11.0. The predicted molar refractivity (Wildman–Crippen MR) is 76.2 cm³/mol. The quantitative estimate of drug-likeness (QED) is 0.683. The van der Waals surface area contributed by atoms with Crippen LogP contribution in [0.3, 0.4) is 0 Å². The number of H-pyrrole nitrogens is 1. The smallest absolute Gasteiger partial charge is 0.258 e. The number of amides is 1. The lowest BCUT2D eigenvalue weighted by Crippen LogP contribution is -2.13. The number of carbonyl (C=O) groups is 1. The van der Waals surface area contributed by atoms with Crippen LogP contribution < -0.4 is 10.6 Å². The van der Waals surface area contributed by atoms with E-state index in [0.717, 1.165) is 10.8 Å². The fourth-order valence-electron chi connectivity index (χ4n) is 1.59. The van der Waals surface area contributed by atoms with Gasteiger partial charge in [0.2, 0.25) is 5.95 Å². The minimum Gasteiger partial charge on any atom is -0.332 e. The zero-order chi connectivity index (χ0) is 13.8. The van der Waals surface area contributed by atoms with Crippen LogP contribution in [-0.4, -0.2) is 26.1 Å². The van der Waals surface area contributed by atoms with E-state index >= 15 is 0 Å². The second kappa shape index (κ2) is 5.49. The number of thiazole rings is 1. The normalized spacial score (nSPS) is 10.2. The highest BCUT2D eigenvalue weighted by atomic mass is 32.1. The number of hydrogen-bond donors (Lipinski definition) is 3. The van der Waals surface area contributed by atoms with Crippen molar-refractivity contribution in [3.05, 3.63) is 47.7 Å². The van der Waals surface area contributed by atoms with Gasteiger partial charge in [0.1, 0.15) is 6.33 Å². The molecule has 0 atom stereocenters. The Balaban J connectivity index is 1.75. The van der Waals surface area contributed by atoms with E-state index in [1.165, 1.54) is 17.7 Å². The van der Waals surface area contributed by atoms with E-state index in [1.54, 1.807) is 24.4 Å². The third kappa shape index (κ3) is 2.81. The monoisotopic (exact) mass is 286 g/mol. The summed E-state index contributed by atoms with van der Waals surface area (Å²) in [4.78, 5) is 20.0. The van der Waals surface area contributed by atoms with Gasteiger partial charge in [-0.05, 0) is 18.2 Å². The highest BCUT2D eigenvalue weighted by Gasteiger charge is 2.08. The van der Waals surface area contributed by atoms with Gasteiger partial charge >= 0.3 is 0 Å². The highest BCUT2D eigenvalue weighted by molar-refractivity contribution is 7.13. The van der Waals surface area contributed by atoms with E-state index < -0.39 is 0 Å². The Bertz CT molecular complexity index is 695. The molecule has 0 radical (unpaired) electrons. The van der Waals surface area contributed by atoms with Crippen LogP contribution in [0.4, 0.5) is 16.8 Å². The van der Waals surface area contributed by atoms with Crippen LogP contribution >= 0.6 is 11.3 Å². The molecule has 0 aliphatic rings. The first-order valence-electron chi connectivity index (χ1n) is 5.74. The Morgan fingerprint density at radius 1 is 1.30 bits per heavy atom. The fraction of sp³-hybridized carbons (Fsp3) is 0. The van der Waals surface area contributed by atoms with Crippen LogP contribution in [0.15, 0.2) is 42.2 Å². The van der Waals surface area contributed by atoms with Gasteiger partial charge in [-0.1, -0.05) is 6.07 Å². The molecule has 7 nitrogen and oxygen atoms in total. The van der Waals surface area contributed by atoms with E-state index in [2.05, 4.69) is 30.8 Å². The van der Waals surface area contributed by atoms with Crippen LogP contribution in [0.1, 0.15) is 10.4 Å². The average molecular weight is 286 g/mol. The number of aromatic amines is 1. The maximum Gasteiger partial charge on any atom is 0.258 e. The first-order chi connectivity index (χ1) is 9.81. The van der Waals surface area contributed by atoms with Crippen molar-refractivity contribution in [3.8, 4) is 0 Å². The average Bonchev–Trinajstić information content (AvgIpc) is 3.12. The molecule has 1 amide bonds. The van der Waals surface area contributed by atoms with Gasteiger partial charge in [0.05, 0.1) is 0 Å². The van der Waals surface area contributed by atoms with Crippen molar-refractivity contribution in [2.45, 2.75) is 0 Å². The number of nitrogens with zero attached hydrogens (tertiary/aromatic N) is 3. The molecule has 0 bridgehead atoms. The van der Waals surface area contributed by atoms with Gasteiger partial charge in [0.25, 0.3) is 5.91 Å². The van der Waals surface area contributed by atoms with E-state index in [1.807, 2.05) is 11.4 Å². The number of carbonyl (C=O) groups excluding carboxylic acids is 1. The lowest BCUT2D eigenvalue weighted by Gasteiger charge is -2.05. The summed E-state index contributed by atoms with van der Waals surface area (Å²) in [5.41, 5.74) is 1.31. The number of rotatable bonds is 4. The summed E-state index contributed by atoms with van der Waals surface area (Å²) in [5.74, 6) is 0.0535. The van der Waals surface area contributed by atoms with Gasteiger partial charge in [0, 0.05) is 22.8 Å². The molecule has 3 aromatic rings. The van der Waals surface area contributed by atoms with Crippen molar-refractivity contribution in [2.24, 2.45) is 0 Å². The van der Waals surface area contributed by atoms with Crippen LogP contribution in [0.5, 0.6) is 0 Å². The van der Waals surface area contributed by atoms with Crippen molar-refractivity contribution in [1.82, 2.24) is 20.2 Å². The minimum absolute atomic E-state index is 0.260. The third-order valence-electron chi connectivity index (χ3n) is 2.46. The number of benzene rings is 1. The molecular formula is C12H10N6OS. The molecule has 3 N–H and O–H groups in total. The Morgan fingerprint density at radius 3 is 3.00 bits per heavy atom. The van der Waals surface area contributed by atoms with Gasteiger partial charge < -0.3 is 5.32 Å². The SMILES string of the molecule is O=C(Nc1ncn[nH]1)c1cccc(Nc2nccs2)c1. The molecular weight excluding hydrogens is 276 g/mol. The maximum absolute atomic E-state index is 12.0. The number of aromatic nitrogens is 4. The number of anilines is 3. The number of hydrogen-bond acceptors (Lipinski definition) is 6. The van der Waals surface area contributed by atoms with E-state index in [0.29, 0.717) is 11.5 Å². The lowest BCUT2D eigenvalue weighted by atomic mass is 10.2. The van der Waals surface area contributed by atoms with Crippen LogP contribution in [0, 0.1) is 0 Å². The molecule has 2 aromatic heterocycles. The van der Waals surface area contributed by atoms with Gasteiger partial charge in [-0.15, -0.1) is 11.3 Å². The predicted octanol–water partition coefficient (Wildman–Crippen LogP) is 2.26. The largest absolute Gasteiger partial charge is 0.332 e. The second-order valence-electron chi connectivity index (χ2n) is 3.83. The summed E-state index contributed by atoms with van der Waals surface area (Å²) >= 11 is 1.49. The molecule has 1 aromatic carbocycles. The Morgan fingerprint density at radius 2 is 2.25 bits per heavy atom. The van der Waals surface area contributed by atoms with Crippen LogP contribution in [0.25, 0.3) is 0 Å². The van der Waals surface area contributed by atoms with Crippen molar-refractivity contribution < 1.29 is 4.79 Å². The Kier molecular flexibility index (Phi) is 3.38. The topological polar surface area (TPSA) is 95.6 Å². The van der Waals surface area contributed by atoms with E-state index in [-0.39, 0.29) is 5.91 Å². The zero-order valence-electron chi connectivity index (χ0n) is 10.2. The van der Waals surface area contributed by atoms with Gasteiger partial charge in [0.15, 0.2) is 5.13 Å². The van der Waals surface area contributed by atoms with Crippen molar-refractivity contribution in [3.63, 3.8) is 0 Å². The van der Waals surface area contributed by atoms with E-state index in [9.17, 15) is 4.79 Å². The molecule has 100 valence electrons. The van der Waals surface area contributed by atoms with Crippen molar-refractivity contribution >= 4 is 34.0 Å². The molecule has 0 aliphatic heterocycles. The fourth-order valence-corrected chi connectivity index (χ4v) is 2.14. The molecule has 2 heterocycles. The molecule has 0 aliphatic carbocycles. The third-order valence-corrected chi connectivity index (χ3v) is 3.14. The highest BCUT2D eigenvalue weighted by Crippen LogP contribution is 2.19. The minimum atomic E-state index is -0.260. The molecule has 20 heavy (non-hydrogen) atoms. The molecule has 8 heteroatoms. The standard InChI is InChI=1S/C12H10N6OS/c19-10(17-11-14-7-15-18-11)8-2-1-3-9(6-8)16-12-13-4-5-20-12/h1-7H,(H,13,16)(H2,14,15,17,18,19). The van der Waals surface area contributed by atoms with Gasteiger partial charge in [-0.25, -0.2) is 10.1 Å². The van der Waals surface area contributed by atoms with Gasteiger partial charge in [-0.3, -0.25) is 10.1 Å². The Labute approximate surface area is 118 Å².